The molecule has 3 atom stereocenters. The zero-order valence-electron chi connectivity index (χ0n) is 18.0. The van der Waals surface area contributed by atoms with E-state index in [1.54, 1.807) is 6.26 Å². The number of benzene rings is 1. The van der Waals surface area contributed by atoms with Crippen molar-refractivity contribution in [2.24, 2.45) is 11.8 Å². The summed E-state index contributed by atoms with van der Waals surface area (Å²) in [7, 11) is 0. The van der Waals surface area contributed by atoms with E-state index in [1.807, 2.05) is 42.5 Å². The molecule has 1 aromatic carbocycles. The van der Waals surface area contributed by atoms with Gasteiger partial charge in [0.2, 0.25) is 5.95 Å². The van der Waals surface area contributed by atoms with Crippen LogP contribution >= 0.6 is 0 Å². The number of nitrogens with one attached hydrogen (secondary N) is 1. The number of anilines is 3. The van der Waals surface area contributed by atoms with Gasteiger partial charge in [-0.3, -0.25) is 4.79 Å². The number of furan rings is 1. The maximum absolute atomic E-state index is 13.2. The molecule has 0 amide bonds. The number of piperidine rings is 1. The average molecular weight is 417 g/mol. The molecular weight excluding hydrogens is 388 g/mol. The van der Waals surface area contributed by atoms with Crippen LogP contribution in [0.25, 0.3) is 0 Å². The fourth-order valence-electron chi connectivity index (χ4n) is 5.01. The Balaban J connectivity index is 1.56. The van der Waals surface area contributed by atoms with Gasteiger partial charge in [0.15, 0.2) is 5.78 Å². The first-order valence-electron chi connectivity index (χ1n) is 11.1. The summed E-state index contributed by atoms with van der Waals surface area (Å²) >= 11 is 0. The Kier molecular flexibility index (Phi) is 5.22. The van der Waals surface area contributed by atoms with Crippen LogP contribution in [0, 0.1) is 11.8 Å². The molecule has 0 spiro atoms. The summed E-state index contributed by atoms with van der Waals surface area (Å²) < 4.78 is 5.62. The van der Waals surface area contributed by atoms with Crippen LogP contribution in [-0.2, 0) is 6.42 Å². The van der Waals surface area contributed by atoms with Gasteiger partial charge in [-0.2, -0.15) is 4.98 Å². The molecule has 0 radical (unpaired) electrons. The second-order valence-electron chi connectivity index (χ2n) is 9.08. The predicted molar refractivity (Wildman–Crippen MR) is 121 cm³/mol. The summed E-state index contributed by atoms with van der Waals surface area (Å²) in [5.74, 6) is 3.42. The molecule has 6 nitrogen and oxygen atoms in total. The lowest BCUT2D eigenvalue weighted by molar-refractivity contribution is 0.0959. The van der Waals surface area contributed by atoms with Crippen LogP contribution in [0.3, 0.4) is 0 Å². The lowest BCUT2D eigenvalue weighted by atomic mass is 9.84. The van der Waals surface area contributed by atoms with Crippen molar-refractivity contribution in [3.05, 3.63) is 65.7 Å². The molecule has 3 unspecified atom stereocenters. The third kappa shape index (κ3) is 4.07. The van der Waals surface area contributed by atoms with Gasteiger partial charge in [-0.15, -0.1) is 0 Å². The Hall–Kier alpha value is -3.15. The maximum Gasteiger partial charge on any atom is 0.227 e. The van der Waals surface area contributed by atoms with Gasteiger partial charge in [0.25, 0.3) is 0 Å². The van der Waals surface area contributed by atoms with Crippen molar-refractivity contribution in [1.29, 1.82) is 0 Å². The standard InChI is InChI=1S/C25H28N4O2/c1-16-11-17(2)15-29(14-16)25-27-20-12-18(22-9-6-10-31-22)13-21(30)23(20)24(28-25)26-19-7-4-3-5-8-19/h3-10,16-18H,11-15H2,1-2H3,(H,26,27,28). The Morgan fingerprint density at radius 1 is 1.00 bits per heavy atom. The van der Waals surface area contributed by atoms with E-state index in [0.29, 0.717) is 42.0 Å². The quantitative estimate of drug-likeness (QED) is 0.630. The van der Waals surface area contributed by atoms with Crippen LogP contribution in [0.2, 0.25) is 0 Å². The largest absolute Gasteiger partial charge is 0.469 e. The van der Waals surface area contributed by atoms with Gasteiger partial charge in [-0.25, -0.2) is 4.98 Å². The van der Waals surface area contributed by atoms with E-state index in [4.69, 9.17) is 14.4 Å². The SMILES string of the molecule is CC1CC(C)CN(c2nc3c(c(Nc4ccccc4)n2)C(=O)CC(c2ccco2)C3)C1. The monoisotopic (exact) mass is 416 g/mol. The molecule has 3 heterocycles. The highest BCUT2D eigenvalue weighted by Crippen LogP contribution is 2.37. The molecular formula is C25H28N4O2. The normalized spacial score (nSPS) is 23.5. The minimum absolute atomic E-state index is 0.0153. The van der Waals surface area contributed by atoms with Crippen LogP contribution in [-0.4, -0.2) is 28.8 Å². The fourth-order valence-corrected chi connectivity index (χ4v) is 5.01. The molecule has 0 saturated carbocycles. The molecule has 1 aliphatic carbocycles. The van der Waals surface area contributed by atoms with Gasteiger partial charge < -0.3 is 14.6 Å². The van der Waals surface area contributed by atoms with Crippen LogP contribution < -0.4 is 10.2 Å². The smallest absolute Gasteiger partial charge is 0.227 e. The van der Waals surface area contributed by atoms with E-state index in [9.17, 15) is 4.79 Å². The van der Waals surface area contributed by atoms with E-state index in [2.05, 4.69) is 24.1 Å². The lowest BCUT2D eigenvalue weighted by Gasteiger charge is -2.36. The number of hydrogen-bond acceptors (Lipinski definition) is 6. The van der Waals surface area contributed by atoms with Crippen molar-refractivity contribution in [3.8, 4) is 0 Å². The molecule has 1 aliphatic heterocycles. The first-order chi connectivity index (χ1) is 15.1. The molecule has 3 aromatic rings. The number of carbonyl (C=O) groups is 1. The highest BCUT2D eigenvalue weighted by atomic mass is 16.3. The molecule has 6 heteroatoms. The number of Topliss-reactive ketones (excluding diaryl/α,β-unsaturated/α-hetero) is 1. The number of nitrogens with zero attached hydrogens (tertiary/aromatic N) is 3. The topological polar surface area (TPSA) is 71.3 Å². The minimum Gasteiger partial charge on any atom is -0.469 e. The zero-order chi connectivity index (χ0) is 21.4. The average Bonchev–Trinajstić information content (AvgIpc) is 3.28. The zero-order valence-corrected chi connectivity index (χ0v) is 18.0. The van der Waals surface area contributed by atoms with E-state index >= 15 is 0 Å². The molecule has 1 N–H and O–H groups in total. The number of ketones is 1. The first kappa shape index (κ1) is 19.8. The van der Waals surface area contributed by atoms with Crippen LogP contribution in [0.4, 0.5) is 17.5 Å². The Bertz CT molecular complexity index is 1050. The van der Waals surface area contributed by atoms with E-state index in [0.717, 1.165) is 30.2 Å². The van der Waals surface area contributed by atoms with Crippen molar-refractivity contribution in [1.82, 2.24) is 9.97 Å². The van der Waals surface area contributed by atoms with Crippen molar-refractivity contribution in [2.45, 2.75) is 39.0 Å². The van der Waals surface area contributed by atoms with Crippen LogP contribution in [0.1, 0.15) is 54.4 Å². The predicted octanol–water partition coefficient (Wildman–Crippen LogP) is 5.21. The fraction of sp³-hybridized carbons (Fsp3) is 0.400. The molecule has 0 bridgehead atoms. The number of carbonyl (C=O) groups excluding carboxylic acids is 1. The number of fused-ring (bicyclic) bond motifs is 1. The molecule has 1 saturated heterocycles. The number of para-hydroxylation sites is 1. The molecule has 2 aromatic heterocycles. The molecule has 2 aliphatic rings. The van der Waals surface area contributed by atoms with Crippen LogP contribution in [0.5, 0.6) is 0 Å². The molecule has 31 heavy (non-hydrogen) atoms. The molecule has 5 rings (SSSR count). The molecule has 1 fully saturated rings. The Morgan fingerprint density at radius 2 is 1.77 bits per heavy atom. The summed E-state index contributed by atoms with van der Waals surface area (Å²) in [5.41, 5.74) is 2.34. The summed E-state index contributed by atoms with van der Waals surface area (Å²) in [5, 5.41) is 3.39. The summed E-state index contributed by atoms with van der Waals surface area (Å²) in [6.45, 7) is 6.42. The second-order valence-corrected chi connectivity index (χ2v) is 9.08. The van der Waals surface area contributed by atoms with Gasteiger partial charge in [0, 0.05) is 37.5 Å². The third-order valence-corrected chi connectivity index (χ3v) is 6.26. The first-order valence-corrected chi connectivity index (χ1v) is 11.1. The number of hydrogen-bond donors (Lipinski definition) is 1. The van der Waals surface area contributed by atoms with Gasteiger partial charge in [0.05, 0.1) is 17.5 Å². The number of aromatic nitrogens is 2. The van der Waals surface area contributed by atoms with Crippen molar-refractivity contribution >= 4 is 23.2 Å². The van der Waals surface area contributed by atoms with Gasteiger partial charge in [-0.05, 0) is 42.5 Å². The van der Waals surface area contributed by atoms with Gasteiger partial charge >= 0.3 is 0 Å². The Labute approximate surface area is 182 Å². The highest BCUT2D eigenvalue weighted by molar-refractivity contribution is 6.03. The van der Waals surface area contributed by atoms with Crippen molar-refractivity contribution < 1.29 is 9.21 Å². The highest BCUT2D eigenvalue weighted by Gasteiger charge is 2.34. The summed E-state index contributed by atoms with van der Waals surface area (Å²) in [4.78, 5) is 25.3. The van der Waals surface area contributed by atoms with Crippen molar-refractivity contribution in [2.75, 3.05) is 23.3 Å². The summed E-state index contributed by atoms with van der Waals surface area (Å²) in [6.07, 6.45) is 3.96. The van der Waals surface area contributed by atoms with Gasteiger partial charge in [0.1, 0.15) is 11.6 Å². The van der Waals surface area contributed by atoms with E-state index < -0.39 is 0 Å². The van der Waals surface area contributed by atoms with E-state index in [-0.39, 0.29) is 11.7 Å². The maximum atomic E-state index is 13.2. The third-order valence-electron chi connectivity index (χ3n) is 6.26. The van der Waals surface area contributed by atoms with Gasteiger partial charge in [-0.1, -0.05) is 32.0 Å². The van der Waals surface area contributed by atoms with Crippen LogP contribution in [0.15, 0.2) is 53.1 Å². The van der Waals surface area contributed by atoms with E-state index in [1.165, 1.54) is 6.42 Å². The number of rotatable bonds is 4. The molecule has 160 valence electrons. The second kappa shape index (κ2) is 8.17. The van der Waals surface area contributed by atoms with Crippen molar-refractivity contribution in [3.63, 3.8) is 0 Å². The Morgan fingerprint density at radius 3 is 2.48 bits per heavy atom. The minimum atomic E-state index is 0.0153. The summed E-state index contributed by atoms with van der Waals surface area (Å²) in [6, 6.07) is 13.7. The lowest BCUT2D eigenvalue weighted by Crippen LogP contribution is -2.40.